The summed E-state index contributed by atoms with van der Waals surface area (Å²) in [6, 6.07) is 49.5. The van der Waals surface area contributed by atoms with Gasteiger partial charge in [-0.05, 0) is 118 Å². The SMILES string of the molecule is C[Si](C)(C)c1ccc(-c2[c-]cc(F)cc2)nc1.[2H]C1([2H])CCC([2H])([2H])c2c1ccc1nc(-c3[c-]ccc4c3oc3cc5c(cc34)oc3ccccc35)n(-c3c(C(C)C)cc(-c4ccccc4)cc3C(C)C)c21.[Ir]. The van der Waals surface area contributed by atoms with Gasteiger partial charge in [0.25, 0.3) is 0 Å². The Kier molecular flexibility index (Phi) is 11.1. The number of pyridine rings is 1. The number of nitrogens with zero attached hydrogens (tertiary/aromatic N) is 3. The van der Waals surface area contributed by atoms with E-state index in [1.54, 1.807) is 12.1 Å². The average molecular weight is 1100 g/mol. The molecule has 0 saturated carbocycles. The van der Waals surface area contributed by atoms with Crippen LogP contribution in [-0.4, -0.2) is 22.6 Å². The molecule has 4 aromatic heterocycles. The standard InChI is InChI=1S/C47H39N2O2.C14H15FNSi.Ir/c1-27(2)36-23-31(29-13-6-5-7-14-29)24-37(28(3)4)44(36)49-45-32-16-9-8-15-30(32)21-22-40(45)48-47(49)35-19-12-18-34-39-26-42-38(25-43(39)51-46(34)35)33-17-10-11-20-41(33)50-42;1-17(2,3)13-8-9-14(16-10-13)11-4-6-12(15)7-5-11;/h5-7,10-14,17-18,20-28H,8-9,15-16H2,1-4H3;4,6-10H,1-3H3;/q2*-1;/i15D2,16D2;;. The third-order valence-corrected chi connectivity index (χ3v) is 15.2. The molecule has 11 aromatic rings. The number of rotatable bonds is 7. The van der Waals surface area contributed by atoms with Gasteiger partial charge in [-0.1, -0.05) is 125 Å². The fraction of sp³-hybridized carbons (Fsp3) is 0.213. The monoisotopic (exact) mass is 1100 g/mol. The molecule has 0 amide bonds. The molecule has 0 spiro atoms. The van der Waals surface area contributed by atoms with E-state index in [-0.39, 0.29) is 50.6 Å². The first kappa shape index (κ1) is 41.5. The Morgan fingerprint density at radius 2 is 1.41 bits per heavy atom. The maximum atomic E-state index is 12.8. The van der Waals surface area contributed by atoms with Crippen molar-refractivity contribution < 1.29 is 38.8 Å². The first-order chi connectivity index (χ1) is 34.4. The Morgan fingerprint density at radius 1 is 0.696 bits per heavy atom. The number of halogens is 1. The van der Waals surface area contributed by atoms with Crippen LogP contribution in [-0.2, 0) is 32.9 Å². The molecule has 12 rings (SSSR count). The Balaban J connectivity index is 0.000000289. The van der Waals surface area contributed by atoms with Crippen LogP contribution in [0.1, 0.15) is 80.1 Å². The largest absolute Gasteiger partial charge is 0.501 e. The summed E-state index contributed by atoms with van der Waals surface area (Å²) in [5, 5.41) is 5.13. The third kappa shape index (κ3) is 8.47. The zero-order valence-corrected chi connectivity index (χ0v) is 43.1. The van der Waals surface area contributed by atoms with E-state index in [2.05, 4.69) is 118 Å². The smallest absolute Gasteiger partial charge is 0.136 e. The molecule has 69 heavy (non-hydrogen) atoms. The van der Waals surface area contributed by atoms with Crippen molar-refractivity contribution in [3.63, 3.8) is 0 Å². The molecule has 0 N–H and O–H groups in total. The first-order valence-corrected chi connectivity index (χ1v) is 27.0. The number of hydrogen-bond acceptors (Lipinski definition) is 4. The maximum Gasteiger partial charge on any atom is 0.136 e. The molecule has 1 radical (unpaired) electrons. The van der Waals surface area contributed by atoms with Crippen LogP contribution in [0.4, 0.5) is 4.39 Å². The molecular formula is C61H54FIrN3O2Si-2. The molecule has 0 saturated heterocycles. The van der Waals surface area contributed by atoms with E-state index in [1.807, 2.05) is 66.9 Å². The molecule has 1 aliphatic rings. The van der Waals surface area contributed by atoms with Crippen molar-refractivity contribution in [1.82, 2.24) is 14.5 Å². The number of imidazole rings is 1. The summed E-state index contributed by atoms with van der Waals surface area (Å²) in [7, 11) is -1.30. The van der Waals surface area contributed by atoms with Gasteiger partial charge in [0.1, 0.15) is 16.7 Å². The van der Waals surface area contributed by atoms with Crippen molar-refractivity contribution >= 4 is 68.2 Å². The molecule has 0 fully saturated rings. The number of aryl methyl sites for hydroxylation is 2. The second-order valence-electron chi connectivity index (χ2n) is 19.4. The molecule has 347 valence electrons. The molecule has 0 unspecified atom stereocenters. The molecular weight excluding hydrogens is 1050 g/mol. The number of furan rings is 2. The van der Waals surface area contributed by atoms with E-state index >= 15 is 0 Å². The minimum absolute atomic E-state index is 0. The van der Waals surface area contributed by atoms with E-state index in [4.69, 9.17) is 16.6 Å². The maximum absolute atomic E-state index is 12.8. The zero-order valence-electron chi connectivity index (χ0n) is 43.7. The summed E-state index contributed by atoms with van der Waals surface area (Å²) in [5.74, 6) is 0.466. The van der Waals surface area contributed by atoms with Crippen molar-refractivity contribution in [2.45, 2.75) is 84.8 Å². The summed E-state index contributed by atoms with van der Waals surface area (Å²) >= 11 is 0. The Bertz CT molecular complexity index is 3850. The van der Waals surface area contributed by atoms with Crippen molar-refractivity contribution in [3.05, 3.63) is 180 Å². The van der Waals surface area contributed by atoms with Gasteiger partial charge >= 0.3 is 0 Å². The van der Waals surface area contributed by atoms with Gasteiger partial charge < -0.3 is 18.4 Å². The summed E-state index contributed by atoms with van der Waals surface area (Å²) < 4.78 is 64.9. The summed E-state index contributed by atoms with van der Waals surface area (Å²) in [5.41, 5.74) is 12.5. The first-order valence-electron chi connectivity index (χ1n) is 25.5. The van der Waals surface area contributed by atoms with Crippen LogP contribution < -0.4 is 5.19 Å². The van der Waals surface area contributed by atoms with Crippen LogP contribution in [0.3, 0.4) is 0 Å². The van der Waals surface area contributed by atoms with Crippen LogP contribution in [0.25, 0.3) is 94.4 Å². The molecule has 1 aliphatic carbocycles. The van der Waals surface area contributed by atoms with Crippen LogP contribution in [0.2, 0.25) is 19.6 Å². The Labute approximate surface area is 423 Å². The van der Waals surface area contributed by atoms with Crippen molar-refractivity contribution in [2.75, 3.05) is 0 Å². The number of benzene rings is 7. The van der Waals surface area contributed by atoms with Crippen molar-refractivity contribution in [3.8, 4) is 39.5 Å². The van der Waals surface area contributed by atoms with E-state index < -0.39 is 20.8 Å². The van der Waals surface area contributed by atoms with E-state index in [1.165, 1.54) is 17.3 Å². The van der Waals surface area contributed by atoms with Gasteiger partial charge in [-0.25, -0.2) is 0 Å². The summed E-state index contributed by atoms with van der Waals surface area (Å²) in [6.45, 7) is 15.6. The fourth-order valence-electron chi connectivity index (χ4n) is 9.57. The number of hydrogen-bond donors (Lipinski definition) is 0. The second-order valence-corrected chi connectivity index (χ2v) is 24.5. The van der Waals surface area contributed by atoms with Crippen LogP contribution in [0.15, 0.2) is 148 Å². The van der Waals surface area contributed by atoms with E-state index in [0.717, 1.165) is 77.5 Å². The minimum atomic E-state index is -1.79. The molecule has 7 aromatic carbocycles. The molecule has 0 atom stereocenters. The number of para-hydroxylation sites is 1. The van der Waals surface area contributed by atoms with Crippen LogP contribution >= 0.6 is 0 Å². The average Bonchev–Trinajstić information content (AvgIpc) is 4.05. The zero-order chi connectivity index (χ0) is 50.4. The van der Waals surface area contributed by atoms with Gasteiger partial charge in [0.15, 0.2) is 0 Å². The minimum Gasteiger partial charge on any atom is -0.501 e. The van der Waals surface area contributed by atoms with Gasteiger partial charge in [0.05, 0.1) is 30.5 Å². The van der Waals surface area contributed by atoms with E-state index in [9.17, 15) is 7.13 Å². The van der Waals surface area contributed by atoms with Gasteiger partial charge in [0.2, 0.25) is 0 Å². The van der Waals surface area contributed by atoms with Gasteiger partial charge in [0, 0.05) is 59.4 Å². The van der Waals surface area contributed by atoms with Gasteiger partial charge in [-0.3, -0.25) is 9.37 Å². The summed E-state index contributed by atoms with van der Waals surface area (Å²) in [4.78, 5) is 9.76. The van der Waals surface area contributed by atoms with Crippen molar-refractivity contribution in [1.29, 1.82) is 0 Å². The third-order valence-electron chi connectivity index (χ3n) is 13.1. The second kappa shape index (κ2) is 18.5. The van der Waals surface area contributed by atoms with E-state index in [0.29, 0.717) is 39.1 Å². The van der Waals surface area contributed by atoms with Gasteiger partial charge in [-0.15, -0.1) is 48.0 Å². The predicted octanol–water partition coefficient (Wildman–Crippen LogP) is 16.3. The fourth-order valence-corrected chi connectivity index (χ4v) is 10.6. The predicted molar refractivity (Wildman–Crippen MR) is 282 cm³/mol. The Morgan fingerprint density at radius 3 is 2.10 bits per heavy atom. The van der Waals surface area contributed by atoms with Crippen molar-refractivity contribution in [2.24, 2.45) is 0 Å². The van der Waals surface area contributed by atoms with Crippen LogP contribution in [0, 0.1) is 17.9 Å². The molecule has 0 aliphatic heterocycles. The quantitative estimate of drug-likeness (QED) is 0.118. The molecule has 5 nitrogen and oxygen atoms in total. The normalized spacial score (nSPS) is 15.2. The Hall–Kier alpha value is -6.44. The molecule has 8 heteroatoms. The summed E-state index contributed by atoms with van der Waals surface area (Å²) in [6.07, 6.45) is -1.39. The topological polar surface area (TPSA) is 57.0 Å². The number of aromatic nitrogens is 3. The molecule has 4 heterocycles. The van der Waals surface area contributed by atoms with Gasteiger partial charge in [-0.2, -0.15) is 0 Å². The van der Waals surface area contributed by atoms with Crippen LogP contribution in [0.5, 0.6) is 0 Å². The molecule has 0 bridgehead atoms. The number of fused-ring (bicyclic) bond motifs is 9.